The number of alkyl halides is 3. The first kappa shape index (κ1) is 26.8. The van der Waals surface area contributed by atoms with E-state index in [9.17, 15) is 22.8 Å². The summed E-state index contributed by atoms with van der Waals surface area (Å²) in [6, 6.07) is 13.0. The predicted octanol–water partition coefficient (Wildman–Crippen LogP) is 4.16. The van der Waals surface area contributed by atoms with Crippen LogP contribution in [0.15, 0.2) is 42.5 Å². The van der Waals surface area contributed by atoms with Crippen molar-refractivity contribution in [2.24, 2.45) is 0 Å². The highest BCUT2D eigenvalue weighted by atomic mass is 35.5. The Morgan fingerprint density at radius 3 is 2.46 bits per heavy atom. The van der Waals surface area contributed by atoms with Crippen molar-refractivity contribution in [1.29, 1.82) is 5.26 Å². The minimum atomic E-state index is -5.28. The van der Waals surface area contributed by atoms with Crippen molar-refractivity contribution in [1.82, 2.24) is 9.96 Å². The molecule has 2 aromatic rings. The summed E-state index contributed by atoms with van der Waals surface area (Å²) in [7, 11) is 0. The van der Waals surface area contributed by atoms with Crippen LogP contribution in [0.4, 0.5) is 13.2 Å². The average molecular weight is 530 g/mol. The number of hydrogen-bond acceptors (Lipinski definition) is 6. The summed E-state index contributed by atoms with van der Waals surface area (Å²) in [4.78, 5) is 30.6. The lowest BCUT2D eigenvalue weighted by molar-refractivity contribution is -0.241. The van der Waals surface area contributed by atoms with Gasteiger partial charge in [0.15, 0.2) is 0 Å². The molecule has 0 saturated carbocycles. The molecule has 0 spiro atoms. The molecule has 2 aromatic carbocycles. The number of nitrogens with zero attached hydrogens (tertiary/aromatic N) is 3. The van der Waals surface area contributed by atoms with Gasteiger partial charge in [-0.3, -0.25) is 9.69 Å². The number of ether oxygens (including phenoxy) is 1. The van der Waals surface area contributed by atoms with E-state index in [2.05, 4.69) is 4.84 Å². The first-order chi connectivity index (χ1) is 16.5. The maximum absolute atomic E-state index is 12.8. The minimum absolute atomic E-state index is 0.261. The van der Waals surface area contributed by atoms with Crippen molar-refractivity contribution in [2.45, 2.75) is 25.2 Å². The maximum Gasteiger partial charge on any atom is 0.493 e. The lowest BCUT2D eigenvalue weighted by Crippen LogP contribution is -2.50. The van der Waals surface area contributed by atoms with Crippen molar-refractivity contribution in [3.63, 3.8) is 0 Å². The van der Waals surface area contributed by atoms with Crippen molar-refractivity contribution in [3.8, 4) is 6.07 Å². The van der Waals surface area contributed by atoms with Gasteiger partial charge in [0.05, 0.1) is 47.4 Å². The zero-order chi connectivity index (χ0) is 25.6. The third kappa shape index (κ3) is 7.83. The second-order valence-electron chi connectivity index (χ2n) is 7.79. The van der Waals surface area contributed by atoms with E-state index >= 15 is 0 Å². The van der Waals surface area contributed by atoms with Crippen LogP contribution in [0.1, 0.15) is 16.7 Å². The van der Waals surface area contributed by atoms with Gasteiger partial charge < -0.3 is 9.57 Å². The van der Waals surface area contributed by atoms with Gasteiger partial charge in [0.1, 0.15) is 0 Å². The average Bonchev–Trinajstić information content (AvgIpc) is 2.81. The summed E-state index contributed by atoms with van der Waals surface area (Å²) in [5.41, 5.74) is 1.67. The highest BCUT2D eigenvalue weighted by molar-refractivity contribution is 6.42. The quantitative estimate of drug-likeness (QED) is 0.522. The standard InChI is InChI=1S/C23H20Cl2F3N3O4/c24-19-6-5-17(9-20(19)25)12-30-7-8-34-18(13-30)14-31(35-22(33)23(26,27)28)21(32)10-15-1-3-16(11-29)4-2-15/h1-6,9,18H,7-8,10,12-14H2. The van der Waals surface area contributed by atoms with Crippen LogP contribution >= 0.6 is 23.2 Å². The van der Waals surface area contributed by atoms with Gasteiger partial charge in [-0.15, -0.1) is 0 Å². The summed E-state index contributed by atoms with van der Waals surface area (Å²) in [5.74, 6) is -3.37. The number of halogens is 5. The summed E-state index contributed by atoms with van der Waals surface area (Å²) >= 11 is 12.0. The van der Waals surface area contributed by atoms with Crippen LogP contribution in [-0.2, 0) is 32.1 Å². The number of amides is 1. The molecular formula is C23H20Cl2F3N3O4. The van der Waals surface area contributed by atoms with Gasteiger partial charge >= 0.3 is 12.1 Å². The van der Waals surface area contributed by atoms with Crippen LogP contribution in [0.3, 0.4) is 0 Å². The maximum atomic E-state index is 12.8. The normalized spacial score (nSPS) is 16.4. The molecule has 0 bridgehead atoms. The number of rotatable bonds is 6. The van der Waals surface area contributed by atoms with Gasteiger partial charge in [0, 0.05) is 19.6 Å². The zero-order valence-electron chi connectivity index (χ0n) is 18.2. The van der Waals surface area contributed by atoms with Crippen molar-refractivity contribution in [3.05, 3.63) is 69.2 Å². The van der Waals surface area contributed by atoms with Crippen molar-refractivity contribution in [2.75, 3.05) is 26.2 Å². The number of carbonyl (C=O) groups excluding carboxylic acids is 2. The molecule has 1 unspecified atom stereocenters. The van der Waals surface area contributed by atoms with Gasteiger partial charge in [-0.2, -0.15) is 23.5 Å². The molecule has 186 valence electrons. The lowest BCUT2D eigenvalue weighted by atomic mass is 10.1. The first-order valence-corrected chi connectivity index (χ1v) is 11.2. The van der Waals surface area contributed by atoms with E-state index in [1.807, 2.05) is 11.0 Å². The fourth-order valence-electron chi connectivity index (χ4n) is 3.42. The number of benzene rings is 2. The molecule has 1 aliphatic rings. The number of morpholine rings is 1. The summed E-state index contributed by atoms with van der Waals surface area (Å²) in [5, 5.41) is 10.1. The molecule has 35 heavy (non-hydrogen) atoms. The van der Waals surface area contributed by atoms with Gasteiger partial charge in [-0.05, 0) is 35.4 Å². The Hall–Kier alpha value is -2.84. The highest BCUT2D eigenvalue weighted by Crippen LogP contribution is 2.24. The molecule has 1 heterocycles. The Balaban J connectivity index is 1.69. The molecule has 12 heteroatoms. The third-order valence-corrected chi connectivity index (χ3v) is 5.86. The Bertz CT molecular complexity index is 1110. The Morgan fingerprint density at radius 1 is 1.14 bits per heavy atom. The number of carbonyl (C=O) groups is 2. The van der Waals surface area contributed by atoms with Gasteiger partial charge in [0.25, 0.3) is 5.91 Å². The van der Waals surface area contributed by atoms with Gasteiger partial charge in [0.2, 0.25) is 0 Å². The minimum Gasteiger partial charge on any atom is -0.374 e. The third-order valence-electron chi connectivity index (χ3n) is 5.12. The van der Waals surface area contributed by atoms with Crippen LogP contribution < -0.4 is 0 Å². The van der Waals surface area contributed by atoms with E-state index < -0.39 is 30.7 Å². The Labute approximate surface area is 209 Å². The van der Waals surface area contributed by atoms with Crippen LogP contribution in [0.2, 0.25) is 10.0 Å². The summed E-state index contributed by atoms with van der Waals surface area (Å²) in [6.07, 6.45) is -6.32. The second kappa shape index (κ2) is 11.7. The monoisotopic (exact) mass is 529 g/mol. The van der Waals surface area contributed by atoms with Crippen LogP contribution in [0.25, 0.3) is 0 Å². The van der Waals surface area contributed by atoms with E-state index in [1.165, 1.54) is 24.3 Å². The first-order valence-electron chi connectivity index (χ1n) is 10.4. The van der Waals surface area contributed by atoms with Crippen LogP contribution in [0.5, 0.6) is 0 Å². The van der Waals surface area contributed by atoms with E-state index in [1.54, 1.807) is 18.2 Å². The number of hydroxylamine groups is 2. The van der Waals surface area contributed by atoms with Crippen molar-refractivity contribution < 1.29 is 32.3 Å². The molecule has 0 aliphatic carbocycles. The largest absolute Gasteiger partial charge is 0.493 e. The summed E-state index contributed by atoms with van der Waals surface area (Å²) < 4.78 is 44.1. The molecule has 1 atom stereocenters. The topological polar surface area (TPSA) is 82.9 Å². The fraction of sp³-hybridized carbons (Fsp3) is 0.348. The highest BCUT2D eigenvalue weighted by Gasteiger charge is 2.44. The smallest absolute Gasteiger partial charge is 0.374 e. The molecular weight excluding hydrogens is 510 g/mol. The molecule has 1 aliphatic heterocycles. The molecule has 0 radical (unpaired) electrons. The van der Waals surface area contributed by atoms with Crippen molar-refractivity contribution >= 4 is 35.1 Å². The van der Waals surface area contributed by atoms with E-state index in [0.29, 0.717) is 39.3 Å². The molecule has 1 amide bonds. The predicted molar refractivity (Wildman–Crippen MR) is 120 cm³/mol. The van der Waals surface area contributed by atoms with Gasteiger partial charge in [-0.25, -0.2) is 4.79 Å². The molecule has 3 rings (SSSR count). The zero-order valence-corrected chi connectivity index (χ0v) is 19.7. The fourth-order valence-corrected chi connectivity index (χ4v) is 3.74. The molecule has 0 N–H and O–H groups in total. The Kier molecular flexibility index (Phi) is 8.97. The van der Waals surface area contributed by atoms with Gasteiger partial charge in [-0.1, -0.05) is 41.4 Å². The van der Waals surface area contributed by atoms with E-state index in [-0.39, 0.29) is 19.6 Å². The van der Waals surface area contributed by atoms with Crippen LogP contribution in [0, 0.1) is 11.3 Å². The SMILES string of the molecule is N#Cc1ccc(CC(=O)N(CC2CN(Cc3ccc(Cl)c(Cl)c3)CCO2)OC(=O)C(F)(F)F)cc1. The van der Waals surface area contributed by atoms with E-state index in [0.717, 1.165) is 5.56 Å². The molecule has 0 aromatic heterocycles. The van der Waals surface area contributed by atoms with E-state index in [4.69, 9.17) is 33.2 Å². The second-order valence-corrected chi connectivity index (χ2v) is 8.61. The lowest BCUT2D eigenvalue weighted by Gasteiger charge is -2.35. The summed E-state index contributed by atoms with van der Waals surface area (Å²) in [6.45, 7) is 1.15. The molecule has 1 fully saturated rings. The Morgan fingerprint density at radius 2 is 1.83 bits per heavy atom. The number of hydrogen-bond donors (Lipinski definition) is 0. The van der Waals surface area contributed by atoms with Crippen LogP contribution in [-0.4, -0.2) is 60.4 Å². The molecule has 1 saturated heterocycles. The molecule has 7 nitrogen and oxygen atoms in total. The number of nitriles is 1.